The summed E-state index contributed by atoms with van der Waals surface area (Å²) in [5, 5.41) is 3.05. The van der Waals surface area contributed by atoms with Gasteiger partial charge < -0.3 is 19.4 Å². The van der Waals surface area contributed by atoms with Gasteiger partial charge in [-0.3, -0.25) is 4.79 Å². The molecule has 0 bridgehead atoms. The topological polar surface area (TPSA) is 54.7 Å². The summed E-state index contributed by atoms with van der Waals surface area (Å²) in [7, 11) is 1.88. The van der Waals surface area contributed by atoms with Crippen LogP contribution in [0.2, 0.25) is 0 Å². The highest BCUT2D eigenvalue weighted by molar-refractivity contribution is 5.91. The lowest BCUT2D eigenvalue weighted by molar-refractivity contribution is -0.0206. The Morgan fingerprint density at radius 1 is 1.59 bits per heavy atom. The molecule has 0 saturated carbocycles. The van der Waals surface area contributed by atoms with Gasteiger partial charge in [-0.2, -0.15) is 0 Å². The third-order valence-electron chi connectivity index (χ3n) is 2.81. The third kappa shape index (κ3) is 2.87. The number of carbonyl (C=O) groups excluding carboxylic acids is 1. The van der Waals surface area contributed by atoms with Crippen LogP contribution in [-0.2, 0) is 4.74 Å². The summed E-state index contributed by atoms with van der Waals surface area (Å²) in [6.45, 7) is 4.40. The van der Waals surface area contributed by atoms with Crippen molar-refractivity contribution in [1.82, 2.24) is 10.2 Å². The number of furan rings is 1. The van der Waals surface area contributed by atoms with E-state index in [1.807, 2.05) is 14.0 Å². The number of hydrogen-bond donors (Lipinski definition) is 1. The number of aryl methyl sites for hydroxylation is 1. The standard InChI is InChI=1S/C12H18N2O3/c1-9-3-4-11(17-9)12(15)14-5-6-16-10(8-14)7-13-2/h3-4,10,13H,5-8H2,1-2H3. The van der Waals surface area contributed by atoms with Crippen molar-refractivity contribution in [2.24, 2.45) is 0 Å². The number of morpholine rings is 1. The first-order chi connectivity index (χ1) is 8.20. The summed E-state index contributed by atoms with van der Waals surface area (Å²) >= 11 is 0. The average Bonchev–Trinajstić information content (AvgIpc) is 2.76. The molecule has 2 heterocycles. The molecule has 1 aliphatic rings. The molecule has 0 spiro atoms. The minimum Gasteiger partial charge on any atom is -0.456 e. The third-order valence-corrected chi connectivity index (χ3v) is 2.81. The molecular formula is C12H18N2O3. The van der Waals surface area contributed by atoms with Gasteiger partial charge in [0.15, 0.2) is 5.76 Å². The summed E-state index contributed by atoms with van der Waals surface area (Å²) < 4.78 is 10.9. The molecule has 5 nitrogen and oxygen atoms in total. The molecule has 2 rings (SSSR count). The second kappa shape index (κ2) is 5.33. The molecule has 1 atom stereocenters. The molecule has 1 fully saturated rings. The largest absolute Gasteiger partial charge is 0.456 e. The van der Waals surface area contributed by atoms with E-state index in [9.17, 15) is 4.79 Å². The number of amides is 1. The fourth-order valence-corrected chi connectivity index (χ4v) is 1.96. The SMILES string of the molecule is CNCC1CN(C(=O)c2ccc(C)o2)CCO1. The number of likely N-dealkylation sites (N-methyl/N-ethyl adjacent to an activating group) is 1. The van der Waals surface area contributed by atoms with Crippen LogP contribution in [0.15, 0.2) is 16.5 Å². The van der Waals surface area contributed by atoms with Crippen molar-refractivity contribution < 1.29 is 13.9 Å². The van der Waals surface area contributed by atoms with Crippen molar-refractivity contribution in [3.05, 3.63) is 23.7 Å². The Morgan fingerprint density at radius 3 is 3.06 bits per heavy atom. The Labute approximate surface area is 101 Å². The molecule has 94 valence electrons. The first-order valence-electron chi connectivity index (χ1n) is 5.82. The van der Waals surface area contributed by atoms with Gasteiger partial charge in [-0.05, 0) is 26.1 Å². The second-order valence-electron chi connectivity index (χ2n) is 4.21. The molecule has 1 unspecified atom stereocenters. The quantitative estimate of drug-likeness (QED) is 0.840. The smallest absolute Gasteiger partial charge is 0.289 e. The second-order valence-corrected chi connectivity index (χ2v) is 4.21. The maximum atomic E-state index is 12.1. The molecule has 5 heteroatoms. The van der Waals surface area contributed by atoms with E-state index in [2.05, 4.69) is 5.32 Å². The van der Waals surface area contributed by atoms with Crippen LogP contribution in [0.3, 0.4) is 0 Å². The Hall–Kier alpha value is -1.33. The van der Waals surface area contributed by atoms with Crippen molar-refractivity contribution in [2.45, 2.75) is 13.0 Å². The van der Waals surface area contributed by atoms with Crippen LogP contribution in [0.25, 0.3) is 0 Å². The van der Waals surface area contributed by atoms with Gasteiger partial charge in [-0.25, -0.2) is 0 Å². The predicted molar refractivity (Wildman–Crippen MR) is 63.0 cm³/mol. The summed E-state index contributed by atoms with van der Waals surface area (Å²) in [6.07, 6.45) is 0.0637. The van der Waals surface area contributed by atoms with E-state index in [-0.39, 0.29) is 12.0 Å². The molecule has 1 saturated heterocycles. The molecule has 0 radical (unpaired) electrons. The first kappa shape index (κ1) is 12.1. The minimum atomic E-state index is -0.0532. The first-order valence-corrected chi connectivity index (χ1v) is 5.82. The van der Waals surface area contributed by atoms with Crippen molar-refractivity contribution in [3.63, 3.8) is 0 Å². The molecule has 0 aromatic carbocycles. The molecule has 0 aliphatic carbocycles. The summed E-state index contributed by atoms with van der Waals surface area (Å²) in [5.74, 6) is 1.11. The lowest BCUT2D eigenvalue weighted by atomic mass is 10.2. The minimum absolute atomic E-state index is 0.0532. The fourth-order valence-electron chi connectivity index (χ4n) is 1.96. The fraction of sp³-hybridized carbons (Fsp3) is 0.583. The molecule has 1 aromatic heterocycles. The van der Waals surface area contributed by atoms with Crippen molar-refractivity contribution in [1.29, 1.82) is 0 Å². The van der Waals surface area contributed by atoms with Crippen molar-refractivity contribution in [2.75, 3.05) is 33.3 Å². The molecule has 17 heavy (non-hydrogen) atoms. The van der Waals surface area contributed by atoms with E-state index < -0.39 is 0 Å². The van der Waals surface area contributed by atoms with Crippen LogP contribution in [0.5, 0.6) is 0 Å². The van der Waals surface area contributed by atoms with Crippen LogP contribution >= 0.6 is 0 Å². The van der Waals surface area contributed by atoms with Gasteiger partial charge >= 0.3 is 0 Å². The van der Waals surface area contributed by atoms with Gasteiger partial charge in [0.2, 0.25) is 0 Å². The van der Waals surface area contributed by atoms with Crippen molar-refractivity contribution >= 4 is 5.91 Å². The molecule has 1 N–H and O–H groups in total. The number of hydrogen-bond acceptors (Lipinski definition) is 4. The van der Waals surface area contributed by atoms with Gasteiger partial charge in [-0.15, -0.1) is 0 Å². The Morgan fingerprint density at radius 2 is 2.41 bits per heavy atom. The van der Waals surface area contributed by atoms with Gasteiger partial charge in [-0.1, -0.05) is 0 Å². The van der Waals surface area contributed by atoms with Crippen LogP contribution in [-0.4, -0.2) is 50.2 Å². The normalized spacial score (nSPS) is 20.6. The van der Waals surface area contributed by atoms with E-state index in [1.54, 1.807) is 17.0 Å². The molecule has 1 amide bonds. The van der Waals surface area contributed by atoms with E-state index in [4.69, 9.17) is 9.15 Å². The maximum absolute atomic E-state index is 12.1. The lowest BCUT2D eigenvalue weighted by Crippen LogP contribution is -2.48. The summed E-state index contributed by atoms with van der Waals surface area (Å²) in [5.41, 5.74) is 0. The highest BCUT2D eigenvalue weighted by Crippen LogP contribution is 2.13. The van der Waals surface area contributed by atoms with Crippen LogP contribution in [0, 0.1) is 6.92 Å². The van der Waals surface area contributed by atoms with Gasteiger partial charge in [0.1, 0.15) is 5.76 Å². The molecule has 1 aliphatic heterocycles. The number of rotatable bonds is 3. The van der Waals surface area contributed by atoms with Crippen LogP contribution in [0.4, 0.5) is 0 Å². The monoisotopic (exact) mass is 238 g/mol. The number of nitrogens with one attached hydrogen (secondary N) is 1. The van der Waals surface area contributed by atoms with Crippen molar-refractivity contribution in [3.8, 4) is 0 Å². The van der Waals surface area contributed by atoms with E-state index in [0.29, 0.717) is 25.5 Å². The summed E-state index contributed by atoms with van der Waals surface area (Å²) in [4.78, 5) is 13.9. The molecule has 1 aromatic rings. The summed E-state index contributed by atoms with van der Waals surface area (Å²) in [6, 6.07) is 3.53. The number of nitrogens with zero attached hydrogens (tertiary/aromatic N) is 1. The Bertz CT molecular complexity index is 387. The Kier molecular flexibility index (Phi) is 3.81. The van der Waals surface area contributed by atoms with Crippen LogP contribution < -0.4 is 5.32 Å². The predicted octanol–water partition coefficient (Wildman–Crippen LogP) is 0.648. The van der Waals surface area contributed by atoms with Gasteiger partial charge in [0.25, 0.3) is 5.91 Å². The average molecular weight is 238 g/mol. The highest BCUT2D eigenvalue weighted by atomic mass is 16.5. The zero-order chi connectivity index (χ0) is 12.3. The molecular weight excluding hydrogens is 220 g/mol. The highest BCUT2D eigenvalue weighted by Gasteiger charge is 2.26. The zero-order valence-corrected chi connectivity index (χ0v) is 10.2. The maximum Gasteiger partial charge on any atom is 0.289 e. The zero-order valence-electron chi connectivity index (χ0n) is 10.2. The van der Waals surface area contributed by atoms with Gasteiger partial charge in [0.05, 0.1) is 12.7 Å². The number of carbonyl (C=O) groups is 1. The van der Waals surface area contributed by atoms with E-state index in [1.165, 1.54) is 0 Å². The lowest BCUT2D eigenvalue weighted by Gasteiger charge is -2.32. The van der Waals surface area contributed by atoms with Crippen LogP contribution in [0.1, 0.15) is 16.3 Å². The van der Waals surface area contributed by atoms with E-state index in [0.717, 1.165) is 12.3 Å². The van der Waals surface area contributed by atoms with E-state index >= 15 is 0 Å². The Balaban J connectivity index is 1.99. The number of ether oxygens (including phenoxy) is 1. The van der Waals surface area contributed by atoms with Gasteiger partial charge in [0, 0.05) is 19.6 Å².